The molecule has 0 fully saturated rings. The quantitative estimate of drug-likeness (QED) is 0.678. The van der Waals surface area contributed by atoms with E-state index in [0.29, 0.717) is 17.6 Å². The van der Waals surface area contributed by atoms with Gasteiger partial charge in [0.15, 0.2) is 0 Å². The molecule has 1 atom stereocenters. The van der Waals surface area contributed by atoms with Crippen molar-refractivity contribution in [2.45, 2.75) is 25.8 Å². The molecule has 1 aromatic carbocycles. The van der Waals surface area contributed by atoms with Crippen molar-refractivity contribution in [1.29, 1.82) is 0 Å². The maximum Gasteiger partial charge on any atom is 0.128 e. The summed E-state index contributed by atoms with van der Waals surface area (Å²) in [5, 5.41) is -0.260. The van der Waals surface area contributed by atoms with Gasteiger partial charge in [-0.3, -0.25) is 4.98 Å². The lowest BCUT2D eigenvalue weighted by Gasteiger charge is -2.10. The molecule has 5 heteroatoms. The van der Waals surface area contributed by atoms with Gasteiger partial charge >= 0.3 is 0 Å². The van der Waals surface area contributed by atoms with E-state index >= 15 is 0 Å². The van der Waals surface area contributed by atoms with E-state index in [0.717, 1.165) is 17.0 Å². The lowest BCUT2D eigenvalue weighted by molar-refractivity contribution is 0.620. The van der Waals surface area contributed by atoms with Crippen LogP contribution >= 0.6 is 11.6 Å². The second kappa shape index (κ2) is 5.45. The van der Waals surface area contributed by atoms with Crippen LogP contribution in [0.15, 0.2) is 36.5 Å². The van der Waals surface area contributed by atoms with Crippen LogP contribution in [-0.2, 0) is 6.54 Å². The Bertz CT molecular complexity index is 781. The van der Waals surface area contributed by atoms with Gasteiger partial charge in [-0.05, 0) is 37.6 Å². The van der Waals surface area contributed by atoms with Crippen molar-refractivity contribution in [1.82, 2.24) is 14.5 Å². The number of aromatic nitrogens is 3. The summed E-state index contributed by atoms with van der Waals surface area (Å²) in [4.78, 5) is 8.81. The highest BCUT2D eigenvalue weighted by molar-refractivity contribution is 6.20. The van der Waals surface area contributed by atoms with E-state index in [9.17, 15) is 4.39 Å². The molecule has 3 aromatic rings. The number of hydrogen-bond acceptors (Lipinski definition) is 2. The third-order valence-electron chi connectivity index (χ3n) is 3.46. The predicted octanol–water partition coefficient (Wildman–Crippen LogP) is 4.23. The van der Waals surface area contributed by atoms with Crippen molar-refractivity contribution >= 4 is 22.6 Å². The molecule has 108 valence electrons. The Morgan fingerprint density at radius 3 is 2.81 bits per heavy atom. The molecule has 1 unspecified atom stereocenters. The summed E-state index contributed by atoms with van der Waals surface area (Å²) in [7, 11) is 0. The fraction of sp³-hybridized carbons (Fsp3) is 0.250. The lowest BCUT2D eigenvalue weighted by atomic mass is 10.2. The average Bonchev–Trinajstić information content (AvgIpc) is 2.79. The van der Waals surface area contributed by atoms with Gasteiger partial charge in [-0.25, -0.2) is 9.37 Å². The molecule has 0 bridgehead atoms. The van der Waals surface area contributed by atoms with Crippen LogP contribution in [0.1, 0.15) is 29.4 Å². The summed E-state index contributed by atoms with van der Waals surface area (Å²) in [5.41, 5.74) is 3.01. The van der Waals surface area contributed by atoms with Crippen LogP contribution in [0.5, 0.6) is 0 Å². The minimum absolute atomic E-state index is 0.251. The molecule has 0 saturated heterocycles. The highest BCUT2D eigenvalue weighted by Gasteiger charge is 2.17. The van der Waals surface area contributed by atoms with E-state index in [4.69, 9.17) is 11.6 Å². The Balaban J connectivity index is 2.18. The van der Waals surface area contributed by atoms with Gasteiger partial charge in [-0.15, -0.1) is 11.6 Å². The maximum absolute atomic E-state index is 13.7. The second-order valence-electron chi connectivity index (χ2n) is 5.08. The SMILES string of the molecule is Cc1cc2c(cc1F)nc(C(C)Cl)n2Cc1ccccn1. The number of pyridine rings is 1. The van der Waals surface area contributed by atoms with Gasteiger partial charge in [-0.2, -0.15) is 0 Å². The highest BCUT2D eigenvalue weighted by atomic mass is 35.5. The number of imidazole rings is 1. The van der Waals surface area contributed by atoms with Crippen LogP contribution in [0.4, 0.5) is 4.39 Å². The summed E-state index contributed by atoms with van der Waals surface area (Å²) in [6.07, 6.45) is 1.75. The first kappa shape index (κ1) is 14.0. The molecular weight excluding hydrogens is 289 g/mol. The number of fused-ring (bicyclic) bond motifs is 1. The highest BCUT2D eigenvalue weighted by Crippen LogP contribution is 2.27. The lowest BCUT2D eigenvalue weighted by Crippen LogP contribution is -2.07. The minimum atomic E-state index is -0.260. The molecule has 0 N–H and O–H groups in total. The summed E-state index contributed by atoms with van der Waals surface area (Å²) in [6.45, 7) is 4.17. The van der Waals surface area contributed by atoms with E-state index in [1.165, 1.54) is 6.07 Å². The molecule has 2 heterocycles. The fourth-order valence-electron chi connectivity index (χ4n) is 2.39. The molecule has 0 spiro atoms. The van der Waals surface area contributed by atoms with E-state index in [-0.39, 0.29) is 11.2 Å². The van der Waals surface area contributed by atoms with Crippen molar-refractivity contribution < 1.29 is 4.39 Å². The Morgan fingerprint density at radius 1 is 1.33 bits per heavy atom. The molecule has 0 radical (unpaired) electrons. The normalized spacial score (nSPS) is 12.8. The standard InChI is InChI=1S/C16H15ClFN3/c1-10-7-15-14(8-13(10)18)20-16(11(2)17)21(15)9-12-5-3-4-6-19-12/h3-8,11H,9H2,1-2H3. The molecule has 21 heavy (non-hydrogen) atoms. The van der Waals surface area contributed by atoms with Crippen molar-refractivity contribution in [3.8, 4) is 0 Å². The average molecular weight is 304 g/mol. The summed E-state index contributed by atoms with van der Waals surface area (Å²) in [6, 6.07) is 9.03. The first-order chi connectivity index (χ1) is 10.1. The molecule has 0 aliphatic carbocycles. The van der Waals surface area contributed by atoms with Crippen molar-refractivity contribution in [2.75, 3.05) is 0 Å². The number of benzene rings is 1. The number of halogens is 2. The Hall–Kier alpha value is -1.94. The first-order valence-electron chi connectivity index (χ1n) is 6.76. The second-order valence-corrected chi connectivity index (χ2v) is 5.74. The van der Waals surface area contributed by atoms with Gasteiger partial charge in [0.2, 0.25) is 0 Å². The Kier molecular flexibility index (Phi) is 3.64. The van der Waals surface area contributed by atoms with Crippen molar-refractivity contribution in [3.05, 3.63) is 59.4 Å². The van der Waals surface area contributed by atoms with Gasteiger partial charge in [0.05, 0.1) is 28.6 Å². The van der Waals surface area contributed by atoms with E-state index in [1.807, 2.05) is 35.8 Å². The van der Waals surface area contributed by atoms with Crippen LogP contribution in [-0.4, -0.2) is 14.5 Å². The van der Waals surface area contributed by atoms with Gasteiger partial charge in [-0.1, -0.05) is 6.07 Å². The Morgan fingerprint density at radius 2 is 2.14 bits per heavy atom. The van der Waals surface area contributed by atoms with Crippen LogP contribution < -0.4 is 0 Å². The molecule has 0 aliphatic rings. The molecule has 3 rings (SSSR count). The van der Waals surface area contributed by atoms with Gasteiger partial charge in [0.25, 0.3) is 0 Å². The third-order valence-corrected chi connectivity index (χ3v) is 3.66. The number of nitrogens with zero attached hydrogens (tertiary/aromatic N) is 3. The zero-order chi connectivity index (χ0) is 15.0. The van der Waals surface area contributed by atoms with Gasteiger partial charge in [0.1, 0.15) is 11.6 Å². The fourth-order valence-corrected chi connectivity index (χ4v) is 2.56. The molecule has 0 amide bonds. The number of alkyl halides is 1. The Labute approximate surface area is 127 Å². The van der Waals surface area contributed by atoms with Crippen LogP contribution in [0.3, 0.4) is 0 Å². The van der Waals surface area contributed by atoms with E-state index in [1.54, 1.807) is 13.1 Å². The third kappa shape index (κ3) is 2.63. The van der Waals surface area contributed by atoms with E-state index in [2.05, 4.69) is 9.97 Å². The van der Waals surface area contributed by atoms with Crippen molar-refractivity contribution in [2.24, 2.45) is 0 Å². The van der Waals surface area contributed by atoms with Crippen LogP contribution in [0.25, 0.3) is 11.0 Å². The largest absolute Gasteiger partial charge is 0.321 e. The molecule has 3 nitrogen and oxygen atoms in total. The molecule has 2 aromatic heterocycles. The molecule has 0 aliphatic heterocycles. The summed E-state index contributed by atoms with van der Waals surface area (Å²) >= 11 is 6.23. The maximum atomic E-state index is 13.7. The van der Waals surface area contributed by atoms with Crippen LogP contribution in [0, 0.1) is 12.7 Å². The number of aryl methyl sites for hydroxylation is 1. The minimum Gasteiger partial charge on any atom is -0.321 e. The smallest absolute Gasteiger partial charge is 0.128 e. The van der Waals surface area contributed by atoms with Crippen LogP contribution in [0.2, 0.25) is 0 Å². The topological polar surface area (TPSA) is 30.7 Å². The zero-order valence-electron chi connectivity index (χ0n) is 11.8. The zero-order valence-corrected chi connectivity index (χ0v) is 12.6. The first-order valence-corrected chi connectivity index (χ1v) is 7.20. The van der Waals surface area contributed by atoms with E-state index < -0.39 is 0 Å². The number of hydrogen-bond donors (Lipinski definition) is 0. The van der Waals surface area contributed by atoms with Crippen molar-refractivity contribution in [3.63, 3.8) is 0 Å². The molecular formula is C16H15ClFN3. The molecule has 0 saturated carbocycles. The van der Waals surface area contributed by atoms with Gasteiger partial charge < -0.3 is 4.57 Å². The summed E-state index contributed by atoms with van der Waals surface area (Å²) < 4.78 is 15.7. The monoisotopic (exact) mass is 303 g/mol. The summed E-state index contributed by atoms with van der Waals surface area (Å²) in [5.74, 6) is 0.473. The predicted molar refractivity (Wildman–Crippen MR) is 82.0 cm³/mol. The number of rotatable bonds is 3. The van der Waals surface area contributed by atoms with Gasteiger partial charge in [0, 0.05) is 12.3 Å².